The van der Waals surface area contributed by atoms with Gasteiger partial charge in [0.2, 0.25) is 0 Å². The third-order valence-corrected chi connectivity index (χ3v) is 2.13. The molecule has 5 N–H and O–H groups in total. The lowest BCUT2D eigenvalue weighted by atomic mass is 9.98. The van der Waals surface area contributed by atoms with Crippen molar-refractivity contribution in [1.82, 2.24) is 0 Å². The Morgan fingerprint density at radius 1 is 1.38 bits per heavy atom. The summed E-state index contributed by atoms with van der Waals surface area (Å²) < 4.78 is 4.41. The maximum Gasteiger partial charge on any atom is 0.352 e. The van der Waals surface area contributed by atoms with Gasteiger partial charge < -0.3 is 30.3 Å². The first-order valence-corrected chi connectivity index (χ1v) is 4.20. The molecule has 1 aliphatic heterocycles. The Kier molecular flexibility index (Phi) is 3.62. The molecule has 5 atom stereocenters. The van der Waals surface area contributed by atoms with Gasteiger partial charge in [-0.15, -0.1) is 10.1 Å². The molecule has 0 aliphatic carbocycles. The van der Waals surface area contributed by atoms with Gasteiger partial charge in [-0.1, -0.05) is 0 Å². The van der Waals surface area contributed by atoms with Crippen molar-refractivity contribution in [2.75, 3.05) is 6.61 Å². The van der Waals surface area contributed by atoms with Crippen molar-refractivity contribution in [3.8, 4) is 0 Å². The highest BCUT2D eigenvalue weighted by Crippen LogP contribution is 2.28. The molecule has 0 bridgehead atoms. The summed E-state index contributed by atoms with van der Waals surface area (Å²) >= 11 is 0. The zero-order valence-electron chi connectivity index (χ0n) is 7.83. The Balaban J connectivity index is 2.89. The molecule has 0 saturated carbocycles. The average Bonchev–Trinajstić information content (AvgIpc) is 2.20. The minimum atomic E-state index is -3.13. The maximum atomic E-state index is 10.0. The van der Waals surface area contributed by atoms with E-state index in [4.69, 9.17) is 5.11 Å². The van der Waals surface area contributed by atoms with Gasteiger partial charge in [0, 0.05) is 0 Å². The number of rotatable bonds is 3. The van der Waals surface area contributed by atoms with Gasteiger partial charge in [-0.25, -0.2) is 4.84 Å². The van der Waals surface area contributed by atoms with Crippen molar-refractivity contribution < 1.29 is 40.2 Å². The minimum Gasteiger partial charge on any atom is -0.394 e. The largest absolute Gasteiger partial charge is 0.394 e. The number of hydrogen-bond acceptors (Lipinski definition) is 9. The van der Waals surface area contributed by atoms with E-state index >= 15 is 0 Å². The lowest BCUT2D eigenvalue weighted by Crippen LogP contribution is -2.66. The average molecular weight is 241 g/mol. The molecule has 5 unspecified atom stereocenters. The van der Waals surface area contributed by atoms with Gasteiger partial charge in [-0.3, -0.25) is 0 Å². The SMILES string of the molecule is O=[N+]([O-])OC1(O)OC(CO)C(O)C(O)C1O. The summed E-state index contributed by atoms with van der Waals surface area (Å²) in [6, 6.07) is 0. The van der Waals surface area contributed by atoms with Crippen molar-refractivity contribution in [3.05, 3.63) is 10.1 Å². The second-order valence-electron chi connectivity index (χ2n) is 3.21. The molecule has 94 valence electrons. The van der Waals surface area contributed by atoms with Crippen LogP contribution in [0.3, 0.4) is 0 Å². The Hall–Kier alpha value is -1.04. The molecule has 1 rings (SSSR count). The molecule has 0 radical (unpaired) electrons. The van der Waals surface area contributed by atoms with Crippen molar-refractivity contribution >= 4 is 0 Å². The van der Waals surface area contributed by atoms with Crippen LogP contribution in [0, 0.1) is 10.1 Å². The zero-order valence-corrected chi connectivity index (χ0v) is 7.83. The molecular weight excluding hydrogens is 230 g/mol. The fraction of sp³-hybridized carbons (Fsp3) is 1.00. The van der Waals surface area contributed by atoms with E-state index in [0.29, 0.717) is 0 Å². The van der Waals surface area contributed by atoms with Crippen LogP contribution in [-0.2, 0) is 9.57 Å². The summed E-state index contributed by atoms with van der Waals surface area (Å²) in [5.41, 5.74) is 0. The van der Waals surface area contributed by atoms with Gasteiger partial charge in [-0.2, -0.15) is 0 Å². The van der Waals surface area contributed by atoms with E-state index in [1.807, 2.05) is 0 Å². The molecule has 10 heteroatoms. The molecule has 0 spiro atoms. The summed E-state index contributed by atoms with van der Waals surface area (Å²) in [4.78, 5) is 13.7. The standard InChI is InChI=1S/C6H11NO9/c8-1-2-3(9)4(10)5(11)6(12,15-2)16-7(13)14/h2-5,8-12H,1H2. The summed E-state index contributed by atoms with van der Waals surface area (Å²) in [6.45, 7) is -0.839. The third-order valence-electron chi connectivity index (χ3n) is 2.13. The second-order valence-corrected chi connectivity index (χ2v) is 3.21. The molecule has 0 aromatic carbocycles. The van der Waals surface area contributed by atoms with Crippen LogP contribution in [0.5, 0.6) is 0 Å². The minimum absolute atomic E-state index is 0.839. The van der Waals surface area contributed by atoms with E-state index in [1.54, 1.807) is 0 Å². The number of aliphatic hydroxyl groups is 5. The van der Waals surface area contributed by atoms with Crippen LogP contribution < -0.4 is 0 Å². The Bertz CT molecular complexity index is 271. The molecule has 10 nitrogen and oxygen atoms in total. The van der Waals surface area contributed by atoms with Crippen LogP contribution in [0.25, 0.3) is 0 Å². The topological polar surface area (TPSA) is 163 Å². The van der Waals surface area contributed by atoms with Gasteiger partial charge >= 0.3 is 5.97 Å². The first-order valence-electron chi connectivity index (χ1n) is 4.20. The second kappa shape index (κ2) is 4.45. The van der Waals surface area contributed by atoms with Gasteiger partial charge in [0.25, 0.3) is 5.09 Å². The number of hydrogen-bond donors (Lipinski definition) is 5. The normalized spacial score (nSPS) is 44.1. The van der Waals surface area contributed by atoms with Crippen LogP contribution in [0.2, 0.25) is 0 Å². The Morgan fingerprint density at radius 3 is 2.38 bits per heavy atom. The lowest BCUT2D eigenvalue weighted by molar-refractivity contribution is -0.822. The fourth-order valence-corrected chi connectivity index (χ4v) is 1.31. The monoisotopic (exact) mass is 241 g/mol. The molecule has 0 amide bonds. The summed E-state index contributed by atoms with van der Waals surface area (Å²) in [5.74, 6) is -3.13. The third kappa shape index (κ3) is 2.21. The predicted molar refractivity (Wildman–Crippen MR) is 43.0 cm³/mol. The highest BCUT2D eigenvalue weighted by molar-refractivity contribution is 4.91. The van der Waals surface area contributed by atoms with E-state index in [9.17, 15) is 30.5 Å². The van der Waals surface area contributed by atoms with Gasteiger partial charge in [0.15, 0.2) is 6.10 Å². The Labute approximate surface area is 88.4 Å². The van der Waals surface area contributed by atoms with E-state index in [1.165, 1.54) is 0 Å². The highest BCUT2D eigenvalue weighted by Gasteiger charge is 2.55. The van der Waals surface area contributed by atoms with E-state index in [2.05, 4.69) is 9.57 Å². The van der Waals surface area contributed by atoms with Crippen LogP contribution in [0.4, 0.5) is 0 Å². The van der Waals surface area contributed by atoms with Crippen LogP contribution in [0.1, 0.15) is 0 Å². The first kappa shape index (κ1) is 13.0. The first-order chi connectivity index (χ1) is 7.31. The zero-order chi connectivity index (χ0) is 12.5. The number of ether oxygens (including phenoxy) is 1. The molecule has 1 saturated heterocycles. The smallest absolute Gasteiger partial charge is 0.352 e. The molecule has 1 fully saturated rings. The lowest BCUT2D eigenvalue weighted by Gasteiger charge is -2.42. The van der Waals surface area contributed by atoms with E-state index in [0.717, 1.165) is 0 Å². The van der Waals surface area contributed by atoms with Crippen molar-refractivity contribution in [1.29, 1.82) is 0 Å². The van der Waals surface area contributed by atoms with Crippen molar-refractivity contribution in [2.24, 2.45) is 0 Å². The number of nitrogens with zero attached hydrogens (tertiary/aromatic N) is 1. The molecule has 1 aliphatic rings. The highest BCUT2D eigenvalue weighted by atomic mass is 17.0. The molecule has 16 heavy (non-hydrogen) atoms. The quantitative estimate of drug-likeness (QED) is 0.190. The summed E-state index contributed by atoms with van der Waals surface area (Å²) in [7, 11) is 0. The summed E-state index contributed by atoms with van der Waals surface area (Å²) in [6.07, 6.45) is -7.45. The van der Waals surface area contributed by atoms with Crippen molar-refractivity contribution in [3.63, 3.8) is 0 Å². The molecule has 0 aromatic rings. The van der Waals surface area contributed by atoms with Gasteiger partial charge in [0.1, 0.15) is 18.3 Å². The van der Waals surface area contributed by atoms with Crippen LogP contribution in [0.15, 0.2) is 0 Å². The maximum absolute atomic E-state index is 10.0. The van der Waals surface area contributed by atoms with Gasteiger partial charge in [0.05, 0.1) is 6.61 Å². The van der Waals surface area contributed by atoms with E-state index in [-0.39, 0.29) is 0 Å². The van der Waals surface area contributed by atoms with Crippen LogP contribution in [-0.4, -0.2) is 67.6 Å². The van der Waals surface area contributed by atoms with Crippen LogP contribution >= 0.6 is 0 Å². The van der Waals surface area contributed by atoms with Crippen molar-refractivity contribution in [2.45, 2.75) is 30.4 Å². The predicted octanol–water partition coefficient (Wildman–Crippen LogP) is -3.69. The fourth-order valence-electron chi connectivity index (χ4n) is 1.31. The molecule has 0 aromatic heterocycles. The van der Waals surface area contributed by atoms with E-state index < -0.39 is 42.1 Å². The molecule has 1 heterocycles. The van der Waals surface area contributed by atoms with Gasteiger partial charge in [-0.05, 0) is 0 Å². The molecular formula is C6H11NO9. The number of aliphatic hydroxyl groups excluding tert-OH is 4. The summed E-state index contributed by atoms with van der Waals surface area (Å²) in [5, 5.41) is 54.4. The Morgan fingerprint density at radius 2 is 1.94 bits per heavy atom.